The fourth-order valence-electron chi connectivity index (χ4n) is 2.36. The van der Waals surface area contributed by atoms with E-state index in [0.29, 0.717) is 5.13 Å². The van der Waals surface area contributed by atoms with Crippen molar-refractivity contribution in [2.45, 2.75) is 31.4 Å². The first-order valence-corrected chi connectivity index (χ1v) is 9.12. The first-order valence-electron chi connectivity index (χ1n) is 6.65. The van der Waals surface area contributed by atoms with Gasteiger partial charge in [0.1, 0.15) is 0 Å². The Labute approximate surface area is 122 Å². The zero-order valence-electron chi connectivity index (χ0n) is 11.0. The van der Waals surface area contributed by atoms with Crippen LogP contribution < -0.4 is 4.72 Å². The van der Waals surface area contributed by atoms with E-state index in [2.05, 4.69) is 9.71 Å². The first-order chi connectivity index (χ1) is 9.62. The van der Waals surface area contributed by atoms with Gasteiger partial charge < -0.3 is 0 Å². The number of aryl methyl sites for hydroxylation is 2. The topological polar surface area (TPSA) is 59.1 Å². The van der Waals surface area contributed by atoms with Crippen molar-refractivity contribution in [2.24, 2.45) is 0 Å². The number of anilines is 1. The van der Waals surface area contributed by atoms with Gasteiger partial charge in [-0.2, -0.15) is 0 Å². The smallest absolute Gasteiger partial charge is 0.238 e. The third kappa shape index (κ3) is 3.19. The van der Waals surface area contributed by atoms with Crippen molar-refractivity contribution in [3.63, 3.8) is 0 Å². The SMILES string of the molecule is O=S(=O)(Cc1ccccc1)Nc1nc2c(s1)CCCC2. The highest BCUT2D eigenvalue weighted by atomic mass is 32.2. The Hall–Kier alpha value is -1.40. The average molecular weight is 308 g/mol. The molecule has 6 heteroatoms. The van der Waals surface area contributed by atoms with Crippen LogP contribution in [0.25, 0.3) is 0 Å². The molecule has 0 amide bonds. The summed E-state index contributed by atoms with van der Waals surface area (Å²) >= 11 is 1.47. The molecule has 0 spiro atoms. The van der Waals surface area contributed by atoms with Gasteiger partial charge in [-0.1, -0.05) is 30.3 Å². The van der Waals surface area contributed by atoms with Crippen LogP contribution in [0.3, 0.4) is 0 Å². The minimum Gasteiger partial charge on any atom is -0.258 e. The molecule has 0 fully saturated rings. The fourth-order valence-corrected chi connectivity index (χ4v) is 4.82. The Balaban J connectivity index is 1.74. The highest BCUT2D eigenvalue weighted by Gasteiger charge is 2.18. The lowest BCUT2D eigenvalue weighted by Crippen LogP contribution is -2.14. The van der Waals surface area contributed by atoms with Crippen LogP contribution >= 0.6 is 11.3 Å². The summed E-state index contributed by atoms with van der Waals surface area (Å²) in [6, 6.07) is 9.18. The van der Waals surface area contributed by atoms with Gasteiger partial charge in [-0.25, -0.2) is 13.4 Å². The molecule has 1 aliphatic rings. The predicted octanol–water partition coefficient (Wildman–Crippen LogP) is 2.96. The monoisotopic (exact) mass is 308 g/mol. The number of aromatic nitrogens is 1. The molecule has 106 valence electrons. The van der Waals surface area contributed by atoms with Crippen LogP contribution in [0.1, 0.15) is 29.0 Å². The quantitative estimate of drug-likeness (QED) is 0.944. The van der Waals surface area contributed by atoms with E-state index in [-0.39, 0.29) is 5.75 Å². The molecule has 1 aromatic carbocycles. The zero-order valence-corrected chi connectivity index (χ0v) is 12.6. The maximum Gasteiger partial charge on any atom is 0.238 e. The molecular weight excluding hydrogens is 292 g/mol. The second kappa shape index (κ2) is 5.54. The van der Waals surface area contributed by atoms with E-state index in [0.717, 1.165) is 30.5 Å². The Morgan fingerprint density at radius 3 is 2.65 bits per heavy atom. The Morgan fingerprint density at radius 1 is 1.15 bits per heavy atom. The lowest BCUT2D eigenvalue weighted by Gasteiger charge is -2.06. The normalized spacial score (nSPS) is 14.8. The summed E-state index contributed by atoms with van der Waals surface area (Å²) in [5.41, 5.74) is 1.85. The molecule has 1 aliphatic carbocycles. The number of nitrogens with one attached hydrogen (secondary N) is 1. The van der Waals surface area contributed by atoms with E-state index in [1.807, 2.05) is 30.3 Å². The molecule has 1 aromatic heterocycles. The molecule has 4 nitrogen and oxygen atoms in total. The average Bonchev–Trinajstić information content (AvgIpc) is 2.80. The third-order valence-electron chi connectivity index (χ3n) is 3.29. The van der Waals surface area contributed by atoms with Crippen molar-refractivity contribution >= 4 is 26.5 Å². The van der Waals surface area contributed by atoms with Gasteiger partial charge in [-0.15, -0.1) is 11.3 Å². The van der Waals surface area contributed by atoms with Crippen LogP contribution in [0.5, 0.6) is 0 Å². The van der Waals surface area contributed by atoms with Gasteiger partial charge in [0.25, 0.3) is 0 Å². The number of rotatable bonds is 4. The van der Waals surface area contributed by atoms with Crippen molar-refractivity contribution in [1.82, 2.24) is 4.98 Å². The summed E-state index contributed by atoms with van der Waals surface area (Å²) in [6.07, 6.45) is 4.30. The maximum absolute atomic E-state index is 12.1. The summed E-state index contributed by atoms with van der Waals surface area (Å²) < 4.78 is 26.9. The zero-order chi connectivity index (χ0) is 14.0. The van der Waals surface area contributed by atoms with E-state index >= 15 is 0 Å². The van der Waals surface area contributed by atoms with Crippen LogP contribution in [-0.4, -0.2) is 13.4 Å². The van der Waals surface area contributed by atoms with Crippen molar-refractivity contribution in [2.75, 3.05) is 4.72 Å². The minimum atomic E-state index is -3.39. The first kappa shape index (κ1) is 13.6. The van der Waals surface area contributed by atoms with Crippen molar-refractivity contribution in [1.29, 1.82) is 0 Å². The largest absolute Gasteiger partial charge is 0.258 e. The molecule has 20 heavy (non-hydrogen) atoms. The van der Waals surface area contributed by atoms with E-state index < -0.39 is 10.0 Å². The van der Waals surface area contributed by atoms with E-state index in [1.165, 1.54) is 22.6 Å². The molecule has 0 unspecified atom stereocenters. The Kier molecular flexibility index (Phi) is 3.76. The Morgan fingerprint density at radius 2 is 1.90 bits per heavy atom. The number of hydrogen-bond acceptors (Lipinski definition) is 4. The minimum absolute atomic E-state index is 0.0158. The van der Waals surface area contributed by atoms with Crippen LogP contribution in [0.15, 0.2) is 30.3 Å². The molecule has 0 saturated heterocycles. The molecule has 0 aliphatic heterocycles. The molecule has 2 aromatic rings. The summed E-state index contributed by atoms with van der Waals surface area (Å²) in [5, 5.41) is 0.507. The maximum atomic E-state index is 12.1. The molecular formula is C14H16N2O2S2. The van der Waals surface area contributed by atoms with E-state index in [1.54, 1.807) is 0 Å². The number of fused-ring (bicyclic) bond motifs is 1. The van der Waals surface area contributed by atoms with Gasteiger partial charge in [-0.3, -0.25) is 4.72 Å². The van der Waals surface area contributed by atoms with Gasteiger partial charge in [0.2, 0.25) is 10.0 Å². The van der Waals surface area contributed by atoms with Crippen molar-refractivity contribution < 1.29 is 8.42 Å². The standard InChI is InChI=1S/C14H16N2O2S2/c17-20(18,10-11-6-2-1-3-7-11)16-14-15-12-8-4-5-9-13(12)19-14/h1-3,6-7H,4-5,8-10H2,(H,15,16). The van der Waals surface area contributed by atoms with Gasteiger partial charge in [0.15, 0.2) is 5.13 Å². The van der Waals surface area contributed by atoms with Crippen molar-refractivity contribution in [3.8, 4) is 0 Å². The Bertz CT molecular complexity index is 670. The molecule has 0 saturated carbocycles. The van der Waals surface area contributed by atoms with Gasteiger partial charge in [0.05, 0.1) is 11.4 Å². The number of hydrogen-bond donors (Lipinski definition) is 1. The summed E-state index contributed by atoms with van der Waals surface area (Å²) in [4.78, 5) is 5.64. The second-order valence-corrected chi connectivity index (χ2v) is 7.75. The number of sulfonamides is 1. The second-order valence-electron chi connectivity index (χ2n) is 4.94. The van der Waals surface area contributed by atoms with Crippen LogP contribution in [-0.2, 0) is 28.6 Å². The molecule has 0 radical (unpaired) electrons. The van der Waals surface area contributed by atoms with Crippen LogP contribution in [0, 0.1) is 0 Å². The molecule has 1 heterocycles. The summed E-state index contributed by atoms with van der Waals surface area (Å²) in [6.45, 7) is 0. The summed E-state index contributed by atoms with van der Waals surface area (Å²) in [7, 11) is -3.39. The number of thiazole rings is 1. The van der Waals surface area contributed by atoms with E-state index in [4.69, 9.17) is 0 Å². The lowest BCUT2D eigenvalue weighted by atomic mass is 10.0. The van der Waals surface area contributed by atoms with Crippen LogP contribution in [0.2, 0.25) is 0 Å². The predicted molar refractivity (Wildman–Crippen MR) is 81.4 cm³/mol. The van der Waals surface area contributed by atoms with Gasteiger partial charge in [0, 0.05) is 4.88 Å². The fraction of sp³-hybridized carbons (Fsp3) is 0.357. The highest BCUT2D eigenvalue weighted by Crippen LogP contribution is 2.30. The highest BCUT2D eigenvalue weighted by molar-refractivity contribution is 7.92. The molecule has 0 bridgehead atoms. The number of nitrogens with zero attached hydrogens (tertiary/aromatic N) is 1. The van der Waals surface area contributed by atoms with Crippen LogP contribution in [0.4, 0.5) is 5.13 Å². The van der Waals surface area contributed by atoms with Crippen molar-refractivity contribution in [3.05, 3.63) is 46.5 Å². The molecule has 1 N–H and O–H groups in total. The lowest BCUT2D eigenvalue weighted by molar-refractivity contribution is 0.600. The molecule has 0 atom stereocenters. The van der Waals surface area contributed by atoms with Gasteiger partial charge in [-0.05, 0) is 31.2 Å². The van der Waals surface area contributed by atoms with E-state index in [9.17, 15) is 8.42 Å². The van der Waals surface area contributed by atoms with Gasteiger partial charge >= 0.3 is 0 Å². The third-order valence-corrected chi connectivity index (χ3v) is 5.71. The molecule has 3 rings (SSSR count). The number of benzene rings is 1. The summed E-state index contributed by atoms with van der Waals surface area (Å²) in [5.74, 6) is -0.0158.